The van der Waals surface area contributed by atoms with E-state index in [2.05, 4.69) is 4.98 Å². The van der Waals surface area contributed by atoms with Crippen molar-refractivity contribution >= 4 is 21.5 Å². The molecule has 1 heterocycles. The van der Waals surface area contributed by atoms with Gasteiger partial charge in [0.1, 0.15) is 5.82 Å². The van der Waals surface area contributed by atoms with Crippen molar-refractivity contribution in [2.45, 2.75) is 11.4 Å². The van der Waals surface area contributed by atoms with E-state index in [0.717, 1.165) is 22.0 Å². The molecule has 0 unspecified atom stereocenters. The van der Waals surface area contributed by atoms with Gasteiger partial charge in [0, 0.05) is 31.9 Å². The lowest BCUT2D eigenvalue weighted by atomic mass is 10.2. The highest BCUT2D eigenvalue weighted by Crippen LogP contribution is 2.22. The quantitative estimate of drug-likeness (QED) is 0.654. The average Bonchev–Trinajstić information content (AvgIpc) is 2.54. The van der Waals surface area contributed by atoms with Crippen LogP contribution in [0.5, 0.6) is 0 Å². The second-order valence-electron chi connectivity index (χ2n) is 4.45. The van der Waals surface area contributed by atoms with E-state index in [0.29, 0.717) is 0 Å². The summed E-state index contributed by atoms with van der Waals surface area (Å²) >= 11 is 0. The molecule has 8 nitrogen and oxygen atoms in total. The molecule has 0 spiro atoms. The Hall–Kier alpha value is -2.52. The van der Waals surface area contributed by atoms with E-state index < -0.39 is 14.9 Å². The van der Waals surface area contributed by atoms with Crippen molar-refractivity contribution < 1.29 is 13.3 Å². The fourth-order valence-corrected chi connectivity index (χ4v) is 2.92. The first-order valence-electron chi connectivity index (χ1n) is 6.24. The molecule has 0 saturated carbocycles. The molecule has 0 saturated heterocycles. The third-order valence-corrected chi connectivity index (χ3v) is 4.85. The molecule has 0 aliphatic heterocycles. The number of nitrogens with zero attached hydrogens (tertiary/aromatic N) is 3. The summed E-state index contributed by atoms with van der Waals surface area (Å²) in [5.41, 5.74) is 6.09. The van der Waals surface area contributed by atoms with Crippen LogP contribution in [0, 0.1) is 10.1 Å². The van der Waals surface area contributed by atoms with Crippen LogP contribution in [0.25, 0.3) is 0 Å². The van der Waals surface area contributed by atoms with Crippen LogP contribution >= 0.6 is 0 Å². The fraction of sp³-hybridized carbons (Fsp3) is 0.154. The minimum absolute atomic E-state index is 0.0550. The smallest absolute Gasteiger partial charge is 0.269 e. The van der Waals surface area contributed by atoms with Crippen LogP contribution < -0.4 is 10.0 Å². The normalized spacial score (nSPS) is 11.2. The third-order valence-electron chi connectivity index (χ3n) is 3.07. The molecule has 0 radical (unpaired) electrons. The zero-order valence-electron chi connectivity index (χ0n) is 11.7. The number of nitro groups is 1. The zero-order valence-corrected chi connectivity index (χ0v) is 12.5. The fourth-order valence-electron chi connectivity index (χ4n) is 1.78. The summed E-state index contributed by atoms with van der Waals surface area (Å²) in [5.74, 6) is 0.223. The number of nitro benzene ring substituents is 1. The lowest BCUT2D eigenvalue weighted by molar-refractivity contribution is -0.384. The van der Waals surface area contributed by atoms with Crippen molar-refractivity contribution in [3.8, 4) is 0 Å². The average molecular weight is 322 g/mol. The van der Waals surface area contributed by atoms with E-state index in [9.17, 15) is 18.5 Å². The SMILES string of the molecule is CN(c1cc(CN)ccn1)S(=O)(=O)c1ccc([N+](=O)[O-])cc1. The first-order chi connectivity index (χ1) is 10.4. The van der Waals surface area contributed by atoms with Gasteiger partial charge in [0.25, 0.3) is 15.7 Å². The number of hydrogen-bond acceptors (Lipinski definition) is 6. The Morgan fingerprint density at radius 3 is 2.45 bits per heavy atom. The number of hydrogen-bond donors (Lipinski definition) is 1. The van der Waals surface area contributed by atoms with Gasteiger partial charge in [-0.2, -0.15) is 0 Å². The van der Waals surface area contributed by atoms with Crippen molar-refractivity contribution in [2.75, 3.05) is 11.4 Å². The van der Waals surface area contributed by atoms with Gasteiger partial charge < -0.3 is 5.73 Å². The highest BCUT2D eigenvalue weighted by Gasteiger charge is 2.23. The number of anilines is 1. The molecule has 0 aliphatic carbocycles. The second-order valence-corrected chi connectivity index (χ2v) is 6.42. The summed E-state index contributed by atoms with van der Waals surface area (Å²) in [6.45, 7) is 0.265. The first kappa shape index (κ1) is 15.9. The Balaban J connectivity index is 2.38. The molecule has 0 fully saturated rings. The van der Waals surface area contributed by atoms with Crippen molar-refractivity contribution in [3.63, 3.8) is 0 Å². The predicted octanol–water partition coefficient (Wildman–Crippen LogP) is 1.27. The van der Waals surface area contributed by atoms with Gasteiger partial charge in [0.15, 0.2) is 0 Å². The molecule has 2 aromatic rings. The van der Waals surface area contributed by atoms with Gasteiger partial charge >= 0.3 is 0 Å². The first-order valence-corrected chi connectivity index (χ1v) is 7.68. The van der Waals surface area contributed by atoms with E-state index in [1.807, 2.05) is 0 Å². The number of benzene rings is 1. The maximum absolute atomic E-state index is 12.5. The molecule has 22 heavy (non-hydrogen) atoms. The van der Waals surface area contributed by atoms with Crippen molar-refractivity contribution in [1.29, 1.82) is 0 Å². The second kappa shape index (κ2) is 6.08. The number of nitrogens with two attached hydrogens (primary N) is 1. The Labute approximate surface area is 127 Å². The summed E-state index contributed by atoms with van der Waals surface area (Å²) in [4.78, 5) is 14.0. The highest BCUT2D eigenvalue weighted by molar-refractivity contribution is 7.92. The molecule has 1 aromatic carbocycles. The number of non-ortho nitro benzene ring substituents is 1. The maximum Gasteiger partial charge on any atom is 0.269 e. The van der Waals surface area contributed by atoms with E-state index in [1.165, 1.54) is 25.4 Å². The Morgan fingerprint density at radius 2 is 1.91 bits per heavy atom. The van der Waals surface area contributed by atoms with E-state index in [-0.39, 0.29) is 22.9 Å². The molecule has 0 atom stereocenters. The van der Waals surface area contributed by atoms with Crippen LogP contribution in [-0.2, 0) is 16.6 Å². The maximum atomic E-state index is 12.5. The van der Waals surface area contributed by atoms with Crippen LogP contribution in [0.1, 0.15) is 5.56 Å². The predicted molar refractivity (Wildman–Crippen MR) is 80.8 cm³/mol. The molecule has 2 rings (SSSR count). The summed E-state index contributed by atoms with van der Waals surface area (Å²) in [6, 6.07) is 7.93. The molecule has 0 aliphatic rings. The summed E-state index contributed by atoms with van der Waals surface area (Å²) in [7, 11) is -2.49. The minimum atomic E-state index is -3.85. The van der Waals surface area contributed by atoms with Gasteiger partial charge in [-0.05, 0) is 29.8 Å². The van der Waals surface area contributed by atoms with Gasteiger partial charge in [-0.1, -0.05) is 0 Å². The van der Waals surface area contributed by atoms with Gasteiger partial charge in [-0.25, -0.2) is 13.4 Å². The van der Waals surface area contributed by atoms with Crippen molar-refractivity contribution in [3.05, 3.63) is 58.3 Å². The Morgan fingerprint density at radius 1 is 1.27 bits per heavy atom. The van der Waals surface area contributed by atoms with Gasteiger partial charge in [-0.15, -0.1) is 0 Å². The summed E-state index contributed by atoms with van der Waals surface area (Å²) < 4.78 is 26.0. The zero-order chi connectivity index (χ0) is 16.3. The Bertz CT molecular complexity index is 790. The largest absolute Gasteiger partial charge is 0.326 e. The van der Waals surface area contributed by atoms with E-state index in [4.69, 9.17) is 5.73 Å². The van der Waals surface area contributed by atoms with Gasteiger partial charge in [0.05, 0.1) is 9.82 Å². The molecule has 1 aromatic heterocycles. The summed E-state index contributed by atoms with van der Waals surface area (Å²) in [6.07, 6.45) is 1.47. The van der Waals surface area contributed by atoms with Crippen LogP contribution in [0.3, 0.4) is 0 Å². The molecular weight excluding hydrogens is 308 g/mol. The van der Waals surface area contributed by atoms with Crippen LogP contribution in [-0.4, -0.2) is 25.4 Å². The van der Waals surface area contributed by atoms with Crippen LogP contribution in [0.4, 0.5) is 11.5 Å². The molecule has 116 valence electrons. The molecular formula is C13H14N4O4S. The number of pyridine rings is 1. The third kappa shape index (κ3) is 3.05. The van der Waals surface area contributed by atoms with Crippen LogP contribution in [0.2, 0.25) is 0 Å². The molecule has 0 amide bonds. The number of rotatable bonds is 5. The molecule has 9 heteroatoms. The van der Waals surface area contributed by atoms with E-state index in [1.54, 1.807) is 12.1 Å². The minimum Gasteiger partial charge on any atom is -0.326 e. The summed E-state index contributed by atoms with van der Waals surface area (Å²) in [5, 5.41) is 10.6. The topological polar surface area (TPSA) is 119 Å². The number of sulfonamides is 1. The van der Waals surface area contributed by atoms with Gasteiger partial charge in [0.2, 0.25) is 0 Å². The molecule has 2 N–H and O–H groups in total. The highest BCUT2D eigenvalue weighted by atomic mass is 32.2. The van der Waals surface area contributed by atoms with Crippen molar-refractivity contribution in [1.82, 2.24) is 4.98 Å². The lowest BCUT2D eigenvalue weighted by Gasteiger charge is -2.18. The Kier molecular flexibility index (Phi) is 4.38. The standard InChI is InChI=1S/C13H14N4O4S/c1-16(13-8-10(9-14)6-7-15-13)22(20,21)12-4-2-11(3-5-12)17(18)19/h2-8H,9,14H2,1H3. The number of aromatic nitrogens is 1. The monoisotopic (exact) mass is 322 g/mol. The van der Waals surface area contributed by atoms with E-state index >= 15 is 0 Å². The van der Waals surface area contributed by atoms with Crippen molar-refractivity contribution in [2.24, 2.45) is 5.73 Å². The molecule has 0 bridgehead atoms. The van der Waals surface area contributed by atoms with Crippen LogP contribution in [0.15, 0.2) is 47.5 Å². The lowest BCUT2D eigenvalue weighted by Crippen LogP contribution is -2.27. The van der Waals surface area contributed by atoms with Gasteiger partial charge in [-0.3, -0.25) is 14.4 Å².